The van der Waals surface area contributed by atoms with Crippen LogP contribution in [0.15, 0.2) is 18.2 Å². The highest BCUT2D eigenvalue weighted by molar-refractivity contribution is 5.42. The number of aromatic hydroxyl groups is 1. The number of phenolic OH excluding ortho intramolecular Hbond substituents is 1. The van der Waals surface area contributed by atoms with Crippen LogP contribution in [0.1, 0.15) is 25.5 Å². The Labute approximate surface area is 95.9 Å². The van der Waals surface area contributed by atoms with Crippen molar-refractivity contribution in [2.24, 2.45) is 0 Å². The third kappa shape index (κ3) is 3.12. The van der Waals surface area contributed by atoms with Crippen molar-refractivity contribution in [2.45, 2.75) is 25.9 Å². The summed E-state index contributed by atoms with van der Waals surface area (Å²) < 4.78 is 4.96. The van der Waals surface area contributed by atoms with Gasteiger partial charge in [0.05, 0.1) is 19.8 Å². The Morgan fingerprint density at radius 3 is 2.50 bits per heavy atom. The number of hydrogen-bond donors (Lipinski definition) is 3. The summed E-state index contributed by atoms with van der Waals surface area (Å²) in [5, 5.41) is 22.1. The van der Waals surface area contributed by atoms with Gasteiger partial charge in [-0.25, -0.2) is 0 Å². The van der Waals surface area contributed by atoms with Crippen molar-refractivity contribution in [3.63, 3.8) is 0 Å². The molecule has 16 heavy (non-hydrogen) atoms. The van der Waals surface area contributed by atoms with Crippen LogP contribution in [-0.2, 0) is 0 Å². The van der Waals surface area contributed by atoms with Crippen molar-refractivity contribution >= 4 is 0 Å². The molecular formula is C12H19NO3. The molecule has 0 saturated heterocycles. The predicted octanol–water partition coefficient (Wildman–Crippen LogP) is 1.43. The first kappa shape index (κ1) is 12.8. The van der Waals surface area contributed by atoms with Crippen LogP contribution in [0.25, 0.3) is 0 Å². The van der Waals surface area contributed by atoms with E-state index in [4.69, 9.17) is 4.74 Å². The second kappa shape index (κ2) is 5.72. The summed E-state index contributed by atoms with van der Waals surface area (Å²) in [5.41, 5.74) is 0.842. The fourth-order valence-corrected chi connectivity index (χ4v) is 1.58. The third-order valence-corrected chi connectivity index (χ3v) is 2.32. The largest absolute Gasteiger partial charge is 0.504 e. The maximum absolute atomic E-state index is 9.64. The molecule has 0 aromatic heterocycles. The zero-order valence-corrected chi connectivity index (χ0v) is 9.90. The molecule has 0 aliphatic carbocycles. The lowest BCUT2D eigenvalue weighted by Crippen LogP contribution is -2.30. The van der Waals surface area contributed by atoms with Crippen molar-refractivity contribution in [3.05, 3.63) is 23.8 Å². The van der Waals surface area contributed by atoms with Crippen molar-refractivity contribution in [3.8, 4) is 11.5 Å². The molecule has 4 heteroatoms. The lowest BCUT2D eigenvalue weighted by molar-refractivity contribution is 0.237. The minimum Gasteiger partial charge on any atom is -0.504 e. The number of hydrogen-bond acceptors (Lipinski definition) is 4. The zero-order chi connectivity index (χ0) is 12.1. The molecule has 90 valence electrons. The topological polar surface area (TPSA) is 61.7 Å². The average Bonchev–Trinajstić information content (AvgIpc) is 2.25. The highest BCUT2D eigenvalue weighted by Crippen LogP contribution is 2.28. The van der Waals surface area contributed by atoms with Gasteiger partial charge in [-0.05, 0) is 17.7 Å². The van der Waals surface area contributed by atoms with Crippen molar-refractivity contribution in [2.75, 3.05) is 13.7 Å². The molecule has 0 aliphatic heterocycles. The first-order valence-corrected chi connectivity index (χ1v) is 5.32. The van der Waals surface area contributed by atoms with E-state index in [1.165, 1.54) is 7.11 Å². The molecule has 4 nitrogen and oxygen atoms in total. The van der Waals surface area contributed by atoms with Gasteiger partial charge in [0.15, 0.2) is 11.5 Å². The van der Waals surface area contributed by atoms with Gasteiger partial charge in [0, 0.05) is 6.04 Å². The highest BCUT2D eigenvalue weighted by atomic mass is 16.5. The fraction of sp³-hybridized carbons (Fsp3) is 0.500. The minimum atomic E-state index is -0.170. The number of nitrogens with one attached hydrogen (secondary N) is 1. The van der Waals surface area contributed by atoms with E-state index in [1.807, 2.05) is 19.9 Å². The smallest absolute Gasteiger partial charge is 0.160 e. The van der Waals surface area contributed by atoms with Crippen LogP contribution in [0.3, 0.4) is 0 Å². The van der Waals surface area contributed by atoms with E-state index in [9.17, 15) is 10.2 Å². The summed E-state index contributed by atoms with van der Waals surface area (Å²) in [5.74, 6) is 0.522. The summed E-state index contributed by atoms with van der Waals surface area (Å²) in [6.07, 6.45) is 0. The molecule has 3 N–H and O–H groups in total. The van der Waals surface area contributed by atoms with E-state index < -0.39 is 0 Å². The van der Waals surface area contributed by atoms with Crippen LogP contribution in [0.2, 0.25) is 0 Å². The fourth-order valence-electron chi connectivity index (χ4n) is 1.58. The van der Waals surface area contributed by atoms with Gasteiger partial charge in [-0.3, -0.25) is 0 Å². The van der Waals surface area contributed by atoms with E-state index in [-0.39, 0.29) is 24.4 Å². The molecule has 1 rings (SSSR count). The Hall–Kier alpha value is -1.26. The third-order valence-electron chi connectivity index (χ3n) is 2.32. The summed E-state index contributed by atoms with van der Waals surface area (Å²) in [7, 11) is 1.50. The molecule has 0 heterocycles. The lowest BCUT2D eigenvalue weighted by Gasteiger charge is -2.20. The quantitative estimate of drug-likeness (QED) is 0.709. The number of phenols is 1. The predicted molar refractivity (Wildman–Crippen MR) is 62.8 cm³/mol. The maximum Gasteiger partial charge on any atom is 0.160 e. The molecule has 0 fully saturated rings. The highest BCUT2D eigenvalue weighted by Gasteiger charge is 2.13. The molecule has 1 unspecified atom stereocenters. The maximum atomic E-state index is 9.64. The first-order valence-electron chi connectivity index (χ1n) is 5.32. The number of aliphatic hydroxyl groups is 1. The van der Waals surface area contributed by atoms with E-state index in [0.717, 1.165) is 5.56 Å². The van der Waals surface area contributed by atoms with E-state index in [1.54, 1.807) is 12.1 Å². The van der Waals surface area contributed by atoms with Crippen LogP contribution < -0.4 is 10.1 Å². The van der Waals surface area contributed by atoms with Crippen molar-refractivity contribution in [1.29, 1.82) is 0 Å². The number of methoxy groups -OCH3 is 1. The molecule has 1 aromatic rings. The van der Waals surface area contributed by atoms with Gasteiger partial charge in [0.25, 0.3) is 0 Å². The Morgan fingerprint density at radius 2 is 2.06 bits per heavy atom. The van der Waals surface area contributed by atoms with Crippen molar-refractivity contribution in [1.82, 2.24) is 5.32 Å². The van der Waals surface area contributed by atoms with E-state index in [2.05, 4.69) is 5.32 Å². The van der Waals surface area contributed by atoms with Crippen LogP contribution in [0, 0.1) is 0 Å². The second-order valence-corrected chi connectivity index (χ2v) is 3.99. The van der Waals surface area contributed by atoms with Gasteiger partial charge in [-0.15, -0.1) is 0 Å². The number of ether oxygens (including phenoxy) is 1. The summed E-state index contributed by atoms with van der Waals surface area (Å²) in [6, 6.07) is 5.22. The van der Waals surface area contributed by atoms with Crippen molar-refractivity contribution < 1.29 is 14.9 Å². The molecule has 0 amide bonds. The molecule has 0 spiro atoms. The Kier molecular flexibility index (Phi) is 4.58. The monoisotopic (exact) mass is 225 g/mol. The van der Waals surface area contributed by atoms with Gasteiger partial charge < -0.3 is 20.3 Å². The number of rotatable bonds is 5. The Morgan fingerprint density at radius 1 is 1.38 bits per heavy atom. The molecule has 0 bridgehead atoms. The summed E-state index contributed by atoms with van der Waals surface area (Å²) in [6.45, 7) is 4.00. The first-order chi connectivity index (χ1) is 7.58. The molecule has 1 atom stereocenters. The standard InChI is InChI=1S/C12H19NO3/c1-8(2)13-10(7-14)9-4-5-12(16-3)11(15)6-9/h4-6,8,10,13-15H,7H2,1-3H3. The number of aliphatic hydroxyl groups excluding tert-OH is 1. The number of benzene rings is 1. The Balaban J connectivity index is 2.89. The molecule has 0 aliphatic rings. The van der Waals surface area contributed by atoms with Gasteiger partial charge >= 0.3 is 0 Å². The van der Waals surface area contributed by atoms with Gasteiger partial charge in [-0.2, -0.15) is 0 Å². The normalized spacial score (nSPS) is 12.8. The van der Waals surface area contributed by atoms with Crippen LogP contribution in [0.4, 0.5) is 0 Å². The SMILES string of the molecule is COc1ccc(C(CO)NC(C)C)cc1O. The van der Waals surface area contributed by atoms with Crippen LogP contribution in [0.5, 0.6) is 11.5 Å². The van der Waals surface area contributed by atoms with Gasteiger partial charge in [0.1, 0.15) is 0 Å². The summed E-state index contributed by atoms with van der Waals surface area (Å²) >= 11 is 0. The van der Waals surface area contributed by atoms with E-state index >= 15 is 0 Å². The van der Waals surface area contributed by atoms with E-state index in [0.29, 0.717) is 5.75 Å². The average molecular weight is 225 g/mol. The zero-order valence-electron chi connectivity index (χ0n) is 9.90. The molecular weight excluding hydrogens is 206 g/mol. The second-order valence-electron chi connectivity index (χ2n) is 3.99. The van der Waals surface area contributed by atoms with Crippen LogP contribution in [-0.4, -0.2) is 30.0 Å². The minimum absolute atomic E-state index is 0.00997. The van der Waals surface area contributed by atoms with Crippen LogP contribution >= 0.6 is 0 Å². The van der Waals surface area contributed by atoms with Gasteiger partial charge in [0.2, 0.25) is 0 Å². The molecule has 0 saturated carbocycles. The molecule has 1 aromatic carbocycles. The lowest BCUT2D eigenvalue weighted by atomic mass is 10.1. The molecule has 0 radical (unpaired) electrons. The summed E-state index contributed by atoms with van der Waals surface area (Å²) in [4.78, 5) is 0. The van der Waals surface area contributed by atoms with Gasteiger partial charge in [-0.1, -0.05) is 19.9 Å². The Bertz CT molecular complexity index is 339.